The third-order valence-corrected chi connectivity index (χ3v) is 7.40. The normalized spacial score (nSPS) is 22.6. The predicted molar refractivity (Wildman–Crippen MR) is 122 cm³/mol. The van der Waals surface area contributed by atoms with E-state index in [0.717, 1.165) is 5.56 Å². The molecule has 2 aromatic rings. The van der Waals surface area contributed by atoms with Crippen LogP contribution in [-0.4, -0.2) is 51.0 Å². The molecule has 178 valence electrons. The summed E-state index contributed by atoms with van der Waals surface area (Å²) in [4.78, 5) is 51.2. The minimum Gasteiger partial charge on any atom is -0.548 e. The molecule has 2 fully saturated rings. The number of aliphatic carboxylic acids is 1. The molecule has 0 radical (unpaired) electrons. The molecule has 0 aromatic heterocycles. The second-order valence-corrected chi connectivity index (χ2v) is 10.4. The molecular formula is C24H24KN3O6S. The van der Waals surface area contributed by atoms with Gasteiger partial charge in [0.2, 0.25) is 11.8 Å². The average molecular weight is 522 g/mol. The second-order valence-electron chi connectivity index (χ2n) is 8.61. The van der Waals surface area contributed by atoms with Gasteiger partial charge in [-0.25, -0.2) is 4.79 Å². The summed E-state index contributed by atoms with van der Waals surface area (Å²) in [6.45, 7) is 3.48. The molecule has 2 saturated heterocycles. The summed E-state index contributed by atoms with van der Waals surface area (Å²) in [5, 5.41) is 16.3. The fourth-order valence-electron chi connectivity index (χ4n) is 4.19. The Morgan fingerprint density at radius 2 is 1.69 bits per heavy atom. The van der Waals surface area contributed by atoms with Gasteiger partial charge in [-0.05, 0) is 25.0 Å². The summed E-state index contributed by atoms with van der Waals surface area (Å²) in [7, 11) is 0. The largest absolute Gasteiger partial charge is 1.00 e. The van der Waals surface area contributed by atoms with E-state index in [4.69, 9.17) is 4.74 Å². The number of carboxylic acids is 1. The van der Waals surface area contributed by atoms with Crippen LogP contribution < -0.4 is 67.1 Å². The quantitative estimate of drug-likeness (QED) is 0.317. The summed E-state index contributed by atoms with van der Waals surface area (Å²) in [6.07, 6.45) is -0.789. The van der Waals surface area contributed by atoms with E-state index in [-0.39, 0.29) is 58.0 Å². The van der Waals surface area contributed by atoms with Gasteiger partial charge in [0.25, 0.3) is 0 Å². The van der Waals surface area contributed by atoms with E-state index in [1.807, 2.05) is 30.3 Å². The molecular weight excluding hydrogens is 497 g/mol. The first kappa shape index (κ1) is 27.7. The molecule has 0 aliphatic carbocycles. The van der Waals surface area contributed by atoms with Crippen LogP contribution in [0.15, 0.2) is 60.7 Å². The second kappa shape index (κ2) is 11.4. The van der Waals surface area contributed by atoms with Crippen molar-refractivity contribution in [3.05, 3.63) is 71.8 Å². The van der Waals surface area contributed by atoms with Gasteiger partial charge in [0.1, 0.15) is 24.1 Å². The van der Waals surface area contributed by atoms with Crippen LogP contribution in [-0.2, 0) is 25.7 Å². The average Bonchev–Trinajstić information content (AvgIpc) is 3.08. The summed E-state index contributed by atoms with van der Waals surface area (Å²) >= 11 is 1.29. The third kappa shape index (κ3) is 5.92. The first-order valence-corrected chi connectivity index (χ1v) is 11.6. The molecule has 0 spiro atoms. The van der Waals surface area contributed by atoms with E-state index in [1.54, 1.807) is 44.2 Å². The van der Waals surface area contributed by atoms with E-state index < -0.39 is 52.1 Å². The monoisotopic (exact) mass is 521 g/mol. The Kier molecular flexibility index (Phi) is 9.05. The maximum absolute atomic E-state index is 13.2. The van der Waals surface area contributed by atoms with Crippen molar-refractivity contribution < 1.29 is 80.4 Å². The van der Waals surface area contributed by atoms with Gasteiger partial charge >= 0.3 is 57.5 Å². The standard InChI is InChI=1S/C24H25N3O6S.K/c1-24(2)18(22(30)31)27-20(29)17(21(27)34-24)25-19(28)16(15-11-7-4-8-12-15)26-23(32)33-13-14-9-5-3-6-10-14;/h3-12,16-18,21H,13H2,1-2H3,(H,25,28)(H,26,32)(H,30,31);/q;+1/p-1/t16?,17-,18+,21-;/m1./s1. The number of fused-ring (bicyclic) bond motifs is 1. The van der Waals surface area contributed by atoms with Crippen molar-refractivity contribution in [3.8, 4) is 0 Å². The smallest absolute Gasteiger partial charge is 0.548 e. The van der Waals surface area contributed by atoms with Gasteiger partial charge in [-0.15, -0.1) is 11.8 Å². The maximum Gasteiger partial charge on any atom is 1.00 e. The Balaban J connectivity index is 0.00000342. The van der Waals surface area contributed by atoms with E-state index >= 15 is 0 Å². The zero-order valence-electron chi connectivity index (χ0n) is 19.6. The molecule has 0 bridgehead atoms. The number of carbonyl (C=O) groups excluding carboxylic acids is 4. The number of thioether (sulfide) groups is 1. The first-order chi connectivity index (χ1) is 16.2. The van der Waals surface area contributed by atoms with Gasteiger partial charge in [-0.1, -0.05) is 60.7 Å². The van der Waals surface area contributed by atoms with E-state index in [9.17, 15) is 24.3 Å². The van der Waals surface area contributed by atoms with Crippen LogP contribution in [0.3, 0.4) is 0 Å². The van der Waals surface area contributed by atoms with Crippen molar-refractivity contribution in [1.29, 1.82) is 0 Å². The number of nitrogens with one attached hydrogen (secondary N) is 2. The maximum atomic E-state index is 13.2. The zero-order valence-corrected chi connectivity index (χ0v) is 23.5. The number of carbonyl (C=O) groups is 4. The molecule has 9 nitrogen and oxygen atoms in total. The number of carboxylic acid groups (broad SMARTS) is 1. The number of ether oxygens (including phenoxy) is 1. The number of hydrogen-bond acceptors (Lipinski definition) is 7. The number of rotatable bonds is 7. The van der Waals surface area contributed by atoms with Crippen LogP contribution in [0.4, 0.5) is 4.79 Å². The van der Waals surface area contributed by atoms with Gasteiger partial charge in [-0.2, -0.15) is 0 Å². The topological polar surface area (TPSA) is 128 Å². The number of alkyl carbamates (subject to hydrolysis) is 1. The minimum atomic E-state index is -1.33. The Hall–Kier alpha value is -1.89. The summed E-state index contributed by atoms with van der Waals surface area (Å²) in [5.74, 6) is -2.43. The summed E-state index contributed by atoms with van der Waals surface area (Å²) < 4.78 is 4.49. The fraction of sp³-hybridized carbons (Fsp3) is 0.333. The molecule has 3 amide bonds. The zero-order chi connectivity index (χ0) is 24.5. The van der Waals surface area contributed by atoms with Crippen molar-refractivity contribution in [1.82, 2.24) is 15.5 Å². The van der Waals surface area contributed by atoms with E-state index in [2.05, 4.69) is 10.6 Å². The molecule has 4 rings (SSSR count). The summed E-state index contributed by atoms with van der Waals surface area (Å²) in [5.41, 5.74) is 1.30. The molecule has 35 heavy (non-hydrogen) atoms. The fourth-order valence-corrected chi connectivity index (χ4v) is 5.81. The van der Waals surface area contributed by atoms with Crippen LogP contribution in [0.5, 0.6) is 0 Å². The van der Waals surface area contributed by atoms with Crippen LogP contribution in [0, 0.1) is 0 Å². The van der Waals surface area contributed by atoms with Gasteiger partial charge in [-0.3, -0.25) is 9.59 Å². The number of nitrogens with zero attached hydrogens (tertiary/aromatic N) is 1. The molecule has 0 saturated carbocycles. The number of benzene rings is 2. The Morgan fingerprint density at radius 3 is 2.29 bits per heavy atom. The van der Waals surface area contributed by atoms with Crippen LogP contribution in [0.25, 0.3) is 0 Å². The van der Waals surface area contributed by atoms with Gasteiger partial charge in [0, 0.05) is 4.75 Å². The molecule has 2 aliphatic rings. The van der Waals surface area contributed by atoms with Crippen molar-refractivity contribution >= 4 is 35.6 Å². The van der Waals surface area contributed by atoms with E-state index in [0.29, 0.717) is 5.56 Å². The molecule has 2 N–H and O–H groups in total. The molecule has 2 aromatic carbocycles. The molecule has 2 heterocycles. The van der Waals surface area contributed by atoms with Gasteiger partial charge in [0.05, 0.1) is 12.0 Å². The third-order valence-electron chi connectivity index (χ3n) is 5.83. The van der Waals surface area contributed by atoms with Crippen molar-refractivity contribution in [3.63, 3.8) is 0 Å². The Bertz CT molecular complexity index is 1100. The van der Waals surface area contributed by atoms with Crippen LogP contribution in [0.1, 0.15) is 31.0 Å². The van der Waals surface area contributed by atoms with Crippen molar-refractivity contribution in [2.75, 3.05) is 0 Å². The van der Waals surface area contributed by atoms with Gasteiger partial charge < -0.3 is 30.2 Å². The summed E-state index contributed by atoms with van der Waals surface area (Å²) in [6, 6.07) is 14.6. The van der Waals surface area contributed by atoms with Crippen molar-refractivity contribution in [2.24, 2.45) is 0 Å². The van der Waals surface area contributed by atoms with Crippen LogP contribution in [0.2, 0.25) is 0 Å². The molecule has 2 aliphatic heterocycles. The SMILES string of the molecule is CC1(C)S[C@@H]2[C@H](NC(=O)C(NC(=O)OCc3ccccc3)c3ccccc3)C(=O)N2[C@H]1C(=O)[O-].[K+]. The molecule has 11 heteroatoms. The molecule has 1 unspecified atom stereocenters. The minimum absolute atomic E-state index is 0. The predicted octanol–water partition coefficient (Wildman–Crippen LogP) is -2.04. The van der Waals surface area contributed by atoms with Crippen LogP contribution >= 0.6 is 11.8 Å². The van der Waals surface area contributed by atoms with Gasteiger partial charge in [0.15, 0.2) is 0 Å². The Morgan fingerprint density at radius 1 is 1.09 bits per heavy atom. The Labute approximate surface area is 249 Å². The number of β-lactam (4-membered cyclic amide) rings is 1. The molecule has 4 atom stereocenters. The van der Waals surface area contributed by atoms with E-state index in [1.165, 1.54) is 16.7 Å². The first-order valence-electron chi connectivity index (χ1n) is 10.7. The van der Waals surface area contributed by atoms with Crippen molar-refractivity contribution in [2.45, 2.75) is 48.7 Å². The number of amides is 3. The number of hydrogen-bond donors (Lipinski definition) is 2.